The highest BCUT2D eigenvalue weighted by Gasteiger charge is 2.19. The van der Waals surface area contributed by atoms with Gasteiger partial charge in [-0.1, -0.05) is 42.1 Å². The van der Waals surface area contributed by atoms with Crippen molar-refractivity contribution in [2.45, 2.75) is 19.0 Å². The topological polar surface area (TPSA) is 98.2 Å². The number of hydrogen-bond donors (Lipinski definition) is 2. The highest BCUT2D eigenvalue weighted by atomic mass is 32.2. The highest BCUT2D eigenvalue weighted by Crippen LogP contribution is 2.32. The van der Waals surface area contributed by atoms with Crippen LogP contribution in [0.4, 0.5) is 5.69 Å². The van der Waals surface area contributed by atoms with Crippen LogP contribution in [0.2, 0.25) is 0 Å². The van der Waals surface area contributed by atoms with Crippen molar-refractivity contribution in [3.05, 3.63) is 82.1 Å². The molecule has 0 fully saturated rings. The van der Waals surface area contributed by atoms with Gasteiger partial charge < -0.3 is 19.8 Å². The molecule has 0 spiro atoms. The fourth-order valence-electron chi connectivity index (χ4n) is 4.23. The van der Waals surface area contributed by atoms with Crippen LogP contribution in [-0.4, -0.2) is 40.4 Å². The number of carbonyl (C=O) groups is 1. The van der Waals surface area contributed by atoms with Crippen LogP contribution in [0.5, 0.6) is 11.5 Å². The van der Waals surface area contributed by atoms with Crippen LogP contribution >= 0.6 is 11.8 Å². The molecule has 2 N–H and O–H groups in total. The monoisotopic (exact) mass is 514 g/mol. The summed E-state index contributed by atoms with van der Waals surface area (Å²) in [7, 11) is 3.09. The van der Waals surface area contributed by atoms with Crippen molar-refractivity contribution >= 4 is 45.3 Å². The number of rotatable bonds is 7. The molecule has 2 aromatic heterocycles. The van der Waals surface area contributed by atoms with Gasteiger partial charge in [0.25, 0.3) is 5.56 Å². The molecule has 1 amide bonds. The lowest BCUT2D eigenvalue weighted by atomic mass is 10.1. The summed E-state index contributed by atoms with van der Waals surface area (Å²) in [6, 6.07) is 18.6. The summed E-state index contributed by atoms with van der Waals surface area (Å²) in [5, 5.41) is 4.21. The Balaban J connectivity index is 1.58. The minimum Gasteiger partial charge on any atom is -0.493 e. The molecule has 0 bridgehead atoms. The number of hydrogen-bond acceptors (Lipinski definition) is 6. The van der Waals surface area contributed by atoms with Gasteiger partial charge in [-0.2, -0.15) is 0 Å². The number of aryl methyl sites for hydroxylation is 1. The predicted octanol–water partition coefficient (Wildman–Crippen LogP) is 5.23. The Hall–Kier alpha value is -4.24. The summed E-state index contributed by atoms with van der Waals surface area (Å²) < 4.78 is 12.3. The molecule has 0 radical (unpaired) electrons. The second kappa shape index (κ2) is 10.0. The number of aromatic nitrogens is 3. The van der Waals surface area contributed by atoms with Gasteiger partial charge in [-0.05, 0) is 49.2 Å². The summed E-state index contributed by atoms with van der Waals surface area (Å²) in [5.41, 5.74) is 4.92. The van der Waals surface area contributed by atoms with Crippen LogP contribution in [0.3, 0.4) is 0 Å². The third-order valence-electron chi connectivity index (χ3n) is 6.33. The molecular formula is C28H26N4O4S. The third kappa shape index (κ3) is 4.53. The van der Waals surface area contributed by atoms with Crippen molar-refractivity contribution in [3.63, 3.8) is 0 Å². The number of aromatic amines is 1. The lowest BCUT2D eigenvalue weighted by Gasteiger charge is -2.15. The number of benzene rings is 3. The van der Waals surface area contributed by atoms with E-state index in [2.05, 4.69) is 10.3 Å². The fourth-order valence-corrected chi connectivity index (χ4v) is 5.04. The van der Waals surface area contributed by atoms with E-state index in [9.17, 15) is 9.59 Å². The fraction of sp³-hybridized carbons (Fsp3) is 0.179. The van der Waals surface area contributed by atoms with E-state index < -0.39 is 0 Å². The van der Waals surface area contributed by atoms with Gasteiger partial charge in [-0.25, -0.2) is 4.98 Å². The highest BCUT2D eigenvalue weighted by molar-refractivity contribution is 7.99. The number of methoxy groups -OCH3 is 2. The van der Waals surface area contributed by atoms with Gasteiger partial charge in [-0.3, -0.25) is 14.2 Å². The summed E-state index contributed by atoms with van der Waals surface area (Å²) in [6.45, 7) is 3.97. The second-order valence-corrected chi connectivity index (χ2v) is 9.50. The Morgan fingerprint density at radius 1 is 1.03 bits per heavy atom. The number of ether oxygens (including phenoxy) is 2. The number of anilines is 1. The third-order valence-corrected chi connectivity index (χ3v) is 7.27. The van der Waals surface area contributed by atoms with Crippen LogP contribution < -0.4 is 20.3 Å². The smallest absolute Gasteiger partial charge is 0.283 e. The first-order chi connectivity index (χ1) is 17.9. The van der Waals surface area contributed by atoms with Crippen molar-refractivity contribution in [1.29, 1.82) is 0 Å². The number of carbonyl (C=O) groups excluding carboxylic acids is 1. The Morgan fingerprint density at radius 3 is 2.59 bits per heavy atom. The van der Waals surface area contributed by atoms with Crippen molar-refractivity contribution in [3.8, 4) is 17.2 Å². The Kier molecular flexibility index (Phi) is 6.62. The van der Waals surface area contributed by atoms with Gasteiger partial charge in [0, 0.05) is 22.7 Å². The van der Waals surface area contributed by atoms with E-state index >= 15 is 0 Å². The SMILES string of the molecule is COc1ccc(-n2c(SCC(=O)Nc3cccc(C)c3C)nc3c([nH]c4ccccc43)c2=O)cc1OC. The number of nitrogens with one attached hydrogen (secondary N) is 2. The zero-order chi connectivity index (χ0) is 26.1. The summed E-state index contributed by atoms with van der Waals surface area (Å²) in [4.78, 5) is 34.8. The quantitative estimate of drug-likeness (QED) is 0.228. The minimum absolute atomic E-state index is 0.0704. The number of para-hydroxylation sites is 1. The zero-order valence-corrected chi connectivity index (χ0v) is 21.7. The molecule has 5 aromatic rings. The maximum absolute atomic E-state index is 13.8. The number of fused-ring (bicyclic) bond motifs is 3. The first kappa shape index (κ1) is 24.5. The average molecular weight is 515 g/mol. The summed E-state index contributed by atoms with van der Waals surface area (Å²) in [5.74, 6) is 0.903. The van der Waals surface area contributed by atoms with Crippen molar-refractivity contribution < 1.29 is 14.3 Å². The van der Waals surface area contributed by atoms with Crippen LogP contribution in [0.15, 0.2) is 70.6 Å². The van der Waals surface area contributed by atoms with Gasteiger partial charge in [0.05, 0.1) is 25.7 Å². The number of amides is 1. The Morgan fingerprint density at radius 2 is 1.81 bits per heavy atom. The summed E-state index contributed by atoms with van der Waals surface area (Å²) >= 11 is 1.20. The molecule has 9 heteroatoms. The lowest BCUT2D eigenvalue weighted by Crippen LogP contribution is -2.23. The molecule has 0 saturated heterocycles. The van der Waals surface area contributed by atoms with Crippen LogP contribution in [0.1, 0.15) is 11.1 Å². The Bertz CT molecular complexity index is 1710. The van der Waals surface area contributed by atoms with Crippen molar-refractivity contribution in [2.24, 2.45) is 0 Å². The zero-order valence-electron chi connectivity index (χ0n) is 20.9. The molecule has 0 aliphatic rings. The first-order valence-corrected chi connectivity index (χ1v) is 12.6. The van der Waals surface area contributed by atoms with E-state index in [-0.39, 0.29) is 17.2 Å². The van der Waals surface area contributed by atoms with E-state index in [1.165, 1.54) is 23.4 Å². The normalized spacial score (nSPS) is 11.1. The lowest BCUT2D eigenvalue weighted by molar-refractivity contribution is -0.113. The minimum atomic E-state index is -0.272. The molecule has 3 aromatic carbocycles. The van der Waals surface area contributed by atoms with E-state index in [1.54, 1.807) is 25.3 Å². The van der Waals surface area contributed by atoms with Crippen LogP contribution in [0.25, 0.3) is 27.6 Å². The van der Waals surface area contributed by atoms with Gasteiger partial charge in [0.1, 0.15) is 11.0 Å². The molecule has 0 atom stereocenters. The molecule has 37 heavy (non-hydrogen) atoms. The molecule has 2 heterocycles. The Labute approximate surface area is 217 Å². The molecule has 5 rings (SSSR count). The summed E-state index contributed by atoms with van der Waals surface area (Å²) in [6.07, 6.45) is 0. The van der Waals surface area contributed by atoms with Gasteiger partial charge >= 0.3 is 0 Å². The van der Waals surface area contributed by atoms with Gasteiger partial charge in [-0.15, -0.1) is 0 Å². The maximum Gasteiger partial charge on any atom is 0.283 e. The molecule has 0 unspecified atom stereocenters. The van der Waals surface area contributed by atoms with Crippen LogP contribution in [0, 0.1) is 13.8 Å². The maximum atomic E-state index is 13.8. The molecule has 0 aliphatic carbocycles. The standard InChI is InChI=1S/C28H26N4O4S/c1-16-8-7-11-20(17(16)2)29-24(33)15-37-28-31-25-19-9-5-6-10-21(19)30-26(25)27(34)32(28)18-12-13-22(35-3)23(14-18)36-4/h5-14,30H,15H2,1-4H3,(H,29,33). The van der Waals surface area contributed by atoms with E-state index in [4.69, 9.17) is 14.5 Å². The van der Waals surface area contributed by atoms with Crippen molar-refractivity contribution in [1.82, 2.24) is 14.5 Å². The second-order valence-electron chi connectivity index (χ2n) is 8.55. The molecule has 8 nitrogen and oxygen atoms in total. The van der Waals surface area contributed by atoms with E-state index in [0.717, 1.165) is 27.7 Å². The number of H-pyrrole nitrogens is 1. The van der Waals surface area contributed by atoms with Gasteiger partial charge in [0.15, 0.2) is 16.7 Å². The number of thioether (sulfide) groups is 1. The predicted molar refractivity (Wildman–Crippen MR) is 148 cm³/mol. The molecular weight excluding hydrogens is 488 g/mol. The van der Waals surface area contributed by atoms with E-state index in [0.29, 0.717) is 33.4 Å². The largest absolute Gasteiger partial charge is 0.493 e. The van der Waals surface area contributed by atoms with Crippen LogP contribution in [-0.2, 0) is 4.79 Å². The van der Waals surface area contributed by atoms with E-state index in [1.807, 2.05) is 56.3 Å². The van der Waals surface area contributed by atoms with Gasteiger partial charge in [0.2, 0.25) is 5.91 Å². The number of nitrogens with zero attached hydrogens (tertiary/aromatic N) is 2. The average Bonchev–Trinajstić information content (AvgIpc) is 3.29. The van der Waals surface area contributed by atoms with Crippen molar-refractivity contribution in [2.75, 3.05) is 25.3 Å². The molecule has 188 valence electrons. The first-order valence-electron chi connectivity index (χ1n) is 11.7. The molecule has 0 aliphatic heterocycles. The molecule has 0 saturated carbocycles.